The van der Waals surface area contributed by atoms with Crippen LogP contribution in [0.25, 0.3) is 0 Å². The van der Waals surface area contributed by atoms with Crippen LogP contribution in [0.1, 0.15) is 37.1 Å². The fourth-order valence-corrected chi connectivity index (χ4v) is 2.70. The first-order chi connectivity index (χ1) is 10.0. The van der Waals surface area contributed by atoms with Gasteiger partial charge in [0.05, 0.1) is 4.92 Å². The lowest BCUT2D eigenvalue weighted by molar-refractivity contribution is -0.385. The zero-order valence-electron chi connectivity index (χ0n) is 11.9. The number of hydrogen-bond acceptors (Lipinski definition) is 3. The van der Waals surface area contributed by atoms with Gasteiger partial charge in [-0.2, -0.15) is 0 Å². The number of rotatable bonds is 5. The molecule has 0 heterocycles. The molecule has 0 aliphatic rings. The molecular formula is C16H17ClN2O2. The highest BCUT2D eigenvalue weighted by Crippen LogP contribution is 2.28. The van der Waals surface area contributed by atoms with Crippen molar-refractivity contribution in [3.63, 3.8) is 0 Å². The molecule has 4 nitrogen and oxygen atoms in total. The monoisotopic (exact) mass is 304 g/mol. The average Bonchev–Trinajstić information content (AvgIpc) is 2.47. The molecule has 0 spiro atoms. The van der Waals surface area contributed by atoms with E-state index in [0.717, 1.165) is 5.56 Å². The number of hydrogen-bond donors (Lipinski definition) is 1. The molecule has 2 aromatic carbocycles. The number of para-hydroxylation sites is 1. The average molecular weight is 305 g/mol. The lowest BCUT2D eigenvalue weighted by Crippen LogP contribution is -2.23. The molecule has 0 radical (unpaired) electrons. The SMILES string of the molecule is CC(N[C@H](C)c1ccccc1Cl)c1ccccc1[N+](=O)[O-]. The summed E-state index contributed by atoms with van der Waals surface area (Å²) in [4.78, 5) is 10.7. The molecule has 5 heteroatoms. The van der Waals surface area contributed by atoms with Crippen molar-refractivity contribution in [3.8, 4) is 0 Å². The zero-order valence-corrected chi connectivity index (χ0v) is 12.7. The van der Waals surface area contributed by atoms with Gasteiger partial charge < -0.3 is 5.32 Å². The smallest absolute Gasteiger partial charge is 0.274 e. The van der Waals surface area contributed by atoms with E-state index in [1.165, 1.54) is 6.07 Å². The summed E-state index contributed by atoms with van der Waals surface area (Å²) < 4.78 is 0. The number of benzene rings is 2. The van der Waals surface area contributed by atoms with Gasteiger partial charge in [0.2, 0.25) is 0 Å². The van der Waals surface area contributed by atoms with Gasteiger partial charge >= 0.3 is 0 Å². The van der Waals surface area contributed by atoms with E-state index in [9.17, 15) is 10.1 Å². The molecule has 0 aromatic heterocycles. The van der Waals surface area contributed by atoms with Gasteiger partial charge in [-0.3, -0.25) is 10.1 Å². The Hall–Kier alpha value is -1.91. The van der Waals surface area contributed by atoms with Crippen LogP contribution in [-0.2, 0) is 0 Å². The first kappa shape index (κ1) is 15.5. The van der Waals surface area contributed by atoms with Gasteiger partial charge in [-0.1, -0.05) is 48.0 Å². The van der Waals surface area contributed by atoms with Crippen molar-refractivity contribution >= 4 is 17.3 Å². The first-order valence-electron chi connectivity index (χ1n) is 6.74. The van der Waals surface area contributed by atoms with Crippen LogP contribution in [0.3, 0.4) is 0 Å². The van der Waals surface area contributed by atoms with E-state index in [0.29, 0.717) is 10.6 Å². The molecule has 0 aliphatic carbocycles. The highest BCUT2D eigenvalue weighted by Gasteiger charge is 2.20. The number of nitrogens with one attached hydrogen (secondary N) is 1. The summed E-state index contributed by atoms with van der Waals surface area (Å²) in [6.07, 6.45) is 0. The molecule has 0 saturated carbocycles. The minimum Gasteiger partial charge on any atom is -0.303 e. The maximum absolute atomic E-state index is 11.1. The van der Waals surface area contributed by atoms with Crippen molar-refractivity contribution in [3.05, 3.63) is 74.8 Å². The number of halogens is 1. The second-order valence-electron chi connectivity index (χ2n) is 4.95. The molecule has 0 saturated heterocycles. The molecule has 1 unspecified atom stereocenters. The number of nitrogens with zero attached hydrogens (tertiary/aromatic N) is 1. The van der Waals surface area contributed by atoms with Crippen LogP contribution >= 0.6 is 11.6 Å². The summed E-state index contributed by atoms with van der Waals surface area (Å²) in [7, 11) is 0. The Bertz CT molecular complexity index is 646. The van der Waals surface area contributed by atoms with E-state index in [-0.39, 0.29) is 22.7 Å². The zero-order chi connectivity index (χ0) is 15.4. The van der Waals surface area contributed by atoms with Crippen LogP contribution in [0.2, 0.25) is 5.02 Å². The first-order valence-corrected chi connectivity index (χ1v) is 7.12. The molecule has 110 valence electrons. The van der Waals surface area contributed by atoms with Gasteiger partial charge in [0.1, 0.15) is 0 Å². The second-order valence-corrected chi connectivity index (χ2v) is 5.35. The summed E-state index contributed by atoms with van der Waals surface area (Å²) in [5.74, 6) is 0. The number of nitro groups is 1. The van der Waals surface area contributed by atoms with Crippen LogP contribution in [-0.4, -0.2) is 4.92 Å². The van der Waals surface area contributed by atoms with Crippen LogP contribution in [0.4, 0.5) is 5.69 Å². The largest absolute Gasteiger partial charge is 0.303 e. The van der Waals surface area contributed by atoms with Crippen molar-refractivity contribution in [2.24, 2.45) is 0 Å². The highest BCUT2D eigenvalue weighted by atomic mass is 35.5. The predicted octanol–water partition coefficient (Wildman–Crippen LogP) is 4.66. The van der Waals surface area contributed by atoms with E-state index < -0.39 is 0 Å². The van der Waals surface area contributed by atoms with E-state index in [1.807, 2.05) is 38.1 Å². The van der Waals surface area contributed by atoms with E-state index in [2.05, 4.69) is 5.32 Å². The number of nitro benzene ring substituents is 1. The Morgan fingerprint density at radius 1 is 1.00 bits per heavy atom. The van der Waals surface area contributed by atoms with Gasteiger partial charge in [0, 0.05) is 28.7 Å². The standard InChI is InChI=1S/C16H17ClN2O2/c1-11(13-7-3-5-9-15(13)17)18-12(2)14-8-4-6-10-16(14)19(20)21/h3-12,18H,1-2H3/t11-,12?/m1/s1. The molecule has 0 aliphatic heterocycles. The Kier molecular flexibility index (Phi) is 4.94. The Morgan fingerprint density at radius 3 is 2.14 bits per heavy atom. The lowest BCUT2D eigenvalue weighted by Gasteiger charge is -2.21. The summed E-state index contributed by atoms with van der Waals surface area (Å²) >= 11 is 6.18. The third-order valence-corrected chi connectivity index (χ3v) is 3.82. The Morgan fingerprint density at radius 2 is 1.52 bits per heavy atom. The minimum absolute atomic E-state index is 0.00601. The van der Waals surface area contributed by atoms with Gasteiger partial charge in [-0.05, 0) is 25.5 Å². The Balaban J connectivity index is 2.21. The normalized spacial score (nSPS) is 13.7. The van der Waals surface area contributed by atoms with Crippen LogP contribution in [0.5, 0.6) is 0 Å². The van der Waals surface area contributed by atoms with E-state index in [4.69, 9.17) is 11.6 Å². The minimum atomic E-state index is -0.353. The second kappa shape index (κ2) is 6.70. The van der Waals surface area contributed by atoms with E-state index in [1.54, 1.807) is 18.2 Å². The molecule has 0 bridgehead atoms. The quantitative estimate of drug-likeness (QED) is 0.645. The van der Waals surface area contributed by atoms with E-state index >= 15 is 0 Å². The molecular weight excluding hydrogens is 288 g/mol. The Labute approximate surface area is 128 Å². The van der Waals surface area contributed by atoms with Crippen molar-refractivity contribution in [1.82, 2.24) is 5.32 Å². The molecule has 2 aromatic rings. The molecule has 1 N–H and O–H groups in total. The summed E-state index contributed by atoms with van der Waals surface area (Å²) in [6.45, 7) is 3.90. The third-order valence-electron chi connectivity index (χ3n) is 3.47. The van der Waals surface area contributed by atoms with Gasteiger partial charge in [-0.15, -0.1) is 0 Å². The lowest BCUT2D eigenvalue weighted by atomic mass is 10.0. The molecule has 2 rings (SSSR count). The molecule has 2 atom stereocenters. The molecule has 0 amide bonds. The summed E-state index contributed by atoms with van der Waals surface area (Å²) in [5, 5.41) is 15.1. The fraction of sp³-hybridized carbons (Fsp3) is 0.250. The maximum Gasteiger partial charge on any atom is 0.274 e. The van der Waals surface area contributed by atoms with Crippen molar-refractivity contribution in [2.75, 3.05) is 0 Å². The van der Waals surface area contributed by atoms with Gasteiger partial charge in [0.25, 0.3) is 5.69 Å². The van der Waals surface area contributed by atoms with Crippen LogP contribution in [0, 0.1) is 10.1 Å². The molecule has 0 fully saturated rings. The van der Waals surface area contributed by atoms with Crippen molar-refractivity contribution in [2.45, 2.75) is 25.9 Å². The maximum atomic E-state index is 11.1. The third kappa shape index (κ3) is 3.60. The topological polar surface area (TPSA) is 55.2 Å². The van der Waals surface area contributed by atoms with Crippen LogP contribution < -0.4 is 5.32 Å². The van der Waals surface area contributed by atoms with Crippen LogP contribution in [0.15, 0.2) is 48.5 Å². The molecule has 21 heavy (non-hydrogen) atoms. The van der Waals surface area contributed by atoms with Crippen molar-refractivity contribution in [1.29, 1.82) is 0 Å². The summed E-state index contributed by atoms with van der Waals surface area (Å²) in [6, 6.07) is 14.2. The van der Waals surface area contributed by atoms with Crippen molar-refractivity contribution < 1.29 is 4.92 Å². The van der Waals surface area contributed by atoms with Gasteiger partial charge in [0.15, 0.2) is 0 Å². The summed E-state index contributed by atoms with van der Waals surface area (Å²) in [5.41, 5.74) is 1.77. The predicted molar refractivity (Wildman–Crippen MR) is 84.5 cm³/mol. The fourth-order valence-electron chi connectivity index (χ4n) is 2.40. The van der Waals surface area contributed by atoms with Gasteiger partial charge in [-0.25, -0.2) is 0 Å². The highest BCUT2D eigenvalue weighted by molar-refractivity contribution is 6.31.